The second kappa shape index (κ2) is 6.23. The molecule has 2 atom stereocenters. The van der Waals surface area contributed by atoms with Crippen molar-refractivity contribution in [1.82, 2.24) is 4.90 Å². The smallest absolute Gasteiger partial charge is 0.438 e. The molecule has 0 radical (unpaired) electrons. The third kappa shape index (κ3) is 3.17. The number of likely N-dealkylation sites (N-methyl/N-ethyl adjacent to an activating group) is 1. The molecule has 5 heteroatoms. The van der Waals surface area contributed by atoms with Gasteiger partial charge in [-0.15, -0.1) is 0 Å². The Morgan fingerprint density at radius 2 is 2.00 bits per heavy atom. The molecule has 0 N–H and O–H groups in total. The van der Waals surface area contributed by atoms with E-state index in [-0.39, 0.29) is 11.9 Å². The number of hydrogen-bond donors (Lipinski definition) is 0. The largest absolute Gasteiger partial charge is 0.508 e. The molecule has 0 unspecified atom stereocenters. The van der Waals surface area contributed by atoms with Crippen LogP contribution in [0.4, 0.5) is 4.79 Å². The third-order valence-electron chi connectivity index (χ3n) is 3.34. The summed E-state index contributed by atoms with van der Waals surface area (Å²) in [4.78, 5) is 24.6. The molecule has 0 saturated carbocycles. The Morgan fingerprint density at radius 1 is 1.30 bits per heavy atom. The molecule has 1 aromatic rings. The van der Waals surface area contributed by atoms with Crippen LogP contribution < -0.4 is 0 Å². The Hall–Kier alpha value is -2.30. The molecule has 0 aliphatic carbocycles. The first-order chi connectivity index (χ1) is 9.61. The second-order valence-corrected chi connectivity index (χ2v) is 4.60. The van der Waals surface area contributed by atoms with Gasteiger partial charge in [0.15, 0.2) is 0 Å². The van der Waals surface area contributed by atoms with Crippen molar-refractivity contribution in [3.05, 3.63) is 48.0 Å². The Labute approximate surface area is 117 Å². The summed E-state index contributed by atoms with van der Waals surface area (Å²) in [6.07, 6.45) is 2.36. The summed E-state index contributed by atoms with van der Waals surface area (Å²) in [5.41, 5.74) is 1.07. The quantitative estimate of drug-likeness (QED) is 0.789. The van der Waals surface area contributed by atoms with Crippen LogP contribution in [-0.2, 0) is 20.7 Å². The van der Waals surface area contributed by atoms with Gasteiger partial charge in [-0.2, -0.15) is 0 Å². The summed E-state index contributed by atoms with van der Waals surface area (Å²) >= 11 is 0. The molecule has 0 aromatic heterocycles. The number of methoxy groups -OCH3 is 1. The van der Waals surface area contributed by atoms with E-state index in [1.54, 1.807) is 18.0 Å². The van der Waals surface area contributed by atoms with Gasteiger partial charge in [0.05, 0.1) is 13.2 Å². The average molecular weight is 275 g/mol. The molecule has 1 aliphatic rings. The van der Waals surface area contributed by atoms with Gasteiger partial charge in [-0.3, -0.25) is 4.79 Å². The first-order valence-corrected chi connectivity index (χ1v) is 6.35. The monoisotopic (exact) mass is 275 g/mol. The van der Waals surface area contributed by atoms with E-state index < -0.39 is 12.3 Å². The van der Waals surface area contributed by atoms with Crippen LogP contribution in [0.25, 0.3) is 0 Å². The van der Waals surface area contributed by atoms with E-state index in [1.165, 1.54) is 13.2 Å². The lowest BCUT2D eigenvalue weighted by Crippen LogP contribution is -2.49. The van der Waals surface area contributed by atoms with Crippen LogP contribution in [0, 0.1) is 0 Å². The van der Waals surface area contributed by atoms with Crippen molar-refractivity contribution in [1.29, 1.82) is 0 Å². The molecule has 0 bridgehead atoms. The minimum absolute atomic E-state index is 0.101. The highest BCUT2D eigenvalue weighted by molar-refractivity contribution is 5.89. The Morgan fingerprint density at radius 3 is 2.65 bits per heavy atom. The maximum atomic E-state index is 11.8. The van der Waals surface area contributed by atoms with E-state index in [4.69, 9.17) is 4.74 Å². The Balaban J connectivity index is 2.17. The van der Waals surface area contributed by atoms with Crippen molar-refractivity contribution in [3.63, 3.8) is 0 Å². The zero-order valence-corrected chi connectivity index (χ0v) is 11.5. The summed E-state index contributed by atoms with van der Waals surface area (Å²) < 4.78 is 9.72. The fourth-order valence-corrected chi connectivity index (χ4v) is 2.19. The number of ether oxygens (including phenoxy) is 2. The topological polar surface area (TPSA) is 55.8 Å². The van der Waals surface area contributed by atoms with Crippen molar-refractivity contribution in [2.24, 2.45) is 0 Å². The molecule has 0 spiro atoms. The maximum Gasteiger partial charge on any atom is 0.508 e. The molecule has 5 nitrogen and oxygen atoms in total. The zero-order valence-electron chi connectivity index (χ0n) is 11.5. The van der Waals surface area contributed by atoms with E-state index in [0.29, 0.717) is 6.42 Å². The molecule has 1 aliphatic heterocycles. The summed E-state index contributed by atoms with van der Waals surface area (Å²) in [5.74, 6) is -0.101. The summed E-state index contributed by atoms with van der Waals surface area (Å²) in [7, 11) is 2.96. The van der Waals surface area contributed by atoms with Crippen LogP contribution >= 0.6 is 0 Å². The maximum absolute atomic E-state index is 11.8. The number of hydrogen-bond acceptors (Lipinski definition) is 4. The molecule has 2 rings (SSSR count). The lowest BCUT2D eigenvalue weighted by molar-refractivity contribution is -0.130. The number of nitrogens with zero attached hydrogens (tertiary/aromatic N) is 1. The zero-order chi connectivity index (χ0) is 14.5. The second-order valence-electron chi connectivity index (χ2n) is 4.60. The van der Waals surface area contributed by atoms with E-state index >= 15 is 0 Å². The van der Waals surface area contributed by atoms with Crippen LogP contribution in [0.2, 0.25) is 0 Å². The highest BCUT2D eigenvalue weighted by atomic mass is 16.7. The lowest BCUT2D eigenvalue weighted by atomic mass is 9.97. The van der Waals surface area contributed by atoms with Gasteiger partial charge in [-0.25, -0.2) is 4.79 Å². The highest BCUT2D eigenvalue weighted by Gasteiger charge is 2.32. The summed E-state index contributed by atoms with van der Waals surface area (Å²) in [5, 5.41) is 0. The van der Waals surface area contributed by atoms with Crippen molar-refractivity contribution in [2.75, 3.05) is 14.2 Å². The molecule has 1 aromatic carbocycles. The van der Waals surface area contributed by atoms with E-state index in [9.17, 15) is 9.59 Å². The van der Waals surface area contributed by atoms with Crippen LogP contribution in [0.15, 0.2) is 42.5 Å². The molecule has 1 heterocycles. The number of benzene rings is 1. The minimum atomic E-state index is -0.750. The van der Waals surface area contributed by atoms with Crippen molar-refractivity contribution in [3.8, 4) is 0 Å². The SMILES string of the molecule is COC(=O)O[C@H]1C=CC(=O)N(C)[C@H]1Cc1ccccc1. The van der Waals surface area contributed by atoms with Gasteiger partial charge in [0.1, 0.15) is 6.10 Å². The average Bonchev–Trinajstić information content (AvgIpc) is 2.47. The van der Waals surface area contributed by atoms with Gasteiger partial charge >= 0.3 is 6.16 Å². The fraction of sp³-hybridized carbons (Fsp3) is 0.333. The fourth-order valence-electron chi connectivity index (χ4n) is 2.19. The predicted molar refractivity (Wildman–Crippen MR) is 73.1 cm³/mol. The van der Waals surface area contributed by atoms with Gasteiger partial charge in [-0.05, 0) is 18.1 Å². The van der Waals surface area contributed by atoms with Gasteiger partial charge in [-0.1, -0.05) is 30.3 Å². The molecule has 106 valence electrons. The van der Waals surface area contributed by atoms with Gasteiger partial charge in [0.2, 0.25) is 5.91 Å². The molecule has 0 fully saturated rings. The Kier molecular flexibility index (Phi) is 4.40. The number of amides is 1. The lowest BCUT2D eigenvalue weighted by Gasteiger charge is -2.34. The normalized spacial score (nSPS) is 21.7. The van der Waals surface area contributed by atoms with Gasteiger partial charge in [0, 0.05) is 13.1 Å². The molecule has 1 amide bonds. The van der Waals surface area contributed by atoms with Crippen LogP contribution in [0.5, 0.6) is 0 Å². The Bertz CT molecular complexity index is 512. The van der Waals surface area contributed by atoms with E-state index in [2.05, 4.69) is 4.74 Å². The number of carbonyl (C=O) groups excluding carboxylic acids is 2. The summed E-state index contributed by atoms with van der Waals surface area (Å²) in [6, 6.07) is 9.52. The first-order valence-electron chi connectivity index (χ1n) is 6.35. The third-order valence-corrected chi connectivity index (χ3v) is 3.34. The van der Waals surface area contributed by atoms with Crippen LogP contribution in [-0.4, -0.2) is 43.3 Å². The summed E-state index contributed by atoms with van der Waals surface area (Å²) in [6.45, 7) is 0. The number of rotatable bonds is 3. The predicted octanol–water partition coefficient (Wildman–Crippen LogP) is 1.78. The van der Waals surface area contributed by atoms with Crippen molar-refractivity contribution < 1.29 is 19.1 Å². The van der Waals surface area contributed by atoms with Crippen molar-refractivity contribution >= 4 is 12.1 Å². The standard InChI is InChI=1S/C15H17NO4/c1-16-12(10-11-6-4-3-5-7-11)13(8-9-14(16)17)20-15(18)19-2/h3-9,12-13H,10H2,1-2H3/t12-,13-/m0/s1. The first kappa shape index (κ1) is 14.1. The number of carbonyl (C=O) groups is 2. The molecule has 20 heavy (non-hydrogen) atoms. The van der Waals surface area contributed by atoms with Crippen molar-refractivity contribution in [2.45, 2.75) is 18.6 Å². The minimum Gasteiger partial charge on any atom is -0.438 e. The van der Waals surface area contributed by atoms with E-state index in [0.717, 1.165) is 5.56 Å². The van der Waals surface area contributed by atoms with E-state index in [1.807, 2.05) is 30.3 Å². The molecular weight excluding hydrogens is 258 g/mol. The molecule has 0 saturated heterocycles. The van der Waals surface area contributed by atoms with Gasteiger partial charge < -0.3 is 14.4 Å². The van der Waals surface area contributed by atoms with Crippen LogP contribution in [0.1, 0.15) is 5.56 Å². The highest BCUT2D eigenvalue weighted by Crippen LogP contribution is 2.19. The van der Waals surface area contributed by atoms with Crippen LogP contribution in [0.3, 0.4) is 0 Å². The molecular formula is C15H17NO4. The van der Waals surface area contributed by atoms with Gasteiger partial charge in [0.25, 0.3) is 0 Å².